The van der Waals surface area contributed by atoms with Crippen molar-refractivity contribution in [1.29, 1.82) is 0 Å². The number of likely N-dealkylation sites (tertiary alicyclic amines) is 1. The largest absolute Gasteiger partial charge is 0.376 e. The molecule has 4 aliphatic rings. The number of allylic oxidation sites excluding steroid dienone is 1. The standard InChI is InChI=1S/C37H52N6O3/c1-24(2)43-21-16-28(17-22-43)37(4,35(46)38-23-36(3)18-6-19-36)27-11-13-29(14-12-27)40-34(45)32(31(25-7-8-25)26-9-10-26)41-33(44)30-15-20-39-42(30)5/h11-15,20,25-26,28,31-32H,1,6-10,16-19,21-23H2,2-5H3,(H,38,46)(H,40,45)(H,41,44)/t32-,37?/m0/s1. The van der Waals surface area contributed by atoms with Crippen LogP contribution in [0.1, 0.15) is 94.6 Å². The van der Waals surface area contributed by atoms with Crippen LogP contribution in [0, 0.1) is 29.1 Å². The molecule has 9 nitrogen and oxygen atoms in total. The van der Waals surface area contributed by atoms with Crippen molar-refractivity contribution in [1.82, 2.24) is 25.3 Å². The molecule has 3 aliphatic carbocycles. The lowest BCUT2D eigenvalue weighted by Gasteiger charge is -2.44. The van der Waals surface area contributed by atoms with Gasteiger partial charge in [-0.3, -0.25) is 19.1 Å². The van der Waals surface area contributed by atoms with Crippen LogP contribution in [0.4, 0.5) is 5.69 Å². The van der Waals surface area contributed by atoms with Crippen LogP contribution in [-0.4, -0.2) is 58.1 Å². The molecular formula is C37H52N6O3. The second-order valence-electron chi connectivity index (χ2n) is 15.2. The van der Waals surface area contributed by atoms with Gasteiger partial charge >= 0.3 is 0 Å². The maximum atomic E-state index is 14.1. The fourth-order valence-electron chi connectivity index (χ4n) is 7.98. The molecule has 6 rings (SSSR count). The summed E-state index contributed by atoms with van der Waals surface area (Å²) in [6, 6.07) is 8.90. The zero-order valence-corrected chi connectivity index (χ0v) is 28.1. The Morgan fingerprint density at radius 2 is 1.65 bits per heavy atom. The minimum Gasteiger partial charge on any atom is -0.376 e. The molecule has 1 aliphatic heterocycles. The summed E-state index contributed by atoms with van der Waals surface area (Å²) in [7, 11) is 1.73. The Kier molecular flexibility index (Phi) is 9.05. The second-order valence-corrected chi connectivity index (χ2v) is 15.2. The molecule has 4 fully saturated rings. The van der Waals surface area contributed by atoms with E-state index >= 15 is 0 Å². The molecular weight excluding hydrogens is 576 g/mol. The van der Waals surface area contributed by atoms with E-state index < -0.39 is 11.5 Å². The van der Waals surface area contributed by atoms with Crippen molar-refractivity contribution in [2.24, 2.45) is 36.1 Å². The number of amides is 3. The van der Waals surface area contributed by atoms with Crippen LogP contribution in [0.5, 0.6) is 0 Å². The highest BCUT2D eigenvalue weighted by molar-refractivity contribution is 6.01. The molecule has 0 spiro atoms. The highest BCUT2D eigenvalue weighted by atomic mass is 16.2. The maximum absolute atomic E-state index is 14.1. The smallest absolute Gasteiger partial charge is 0.270 e. The lowest BCUT2D eigenvalue weighted by molar-refractivity contribution is -0.129. The van der Waals surface area contributed by atoms with Gasteiger partial charge < -0.3 is 20.9 Å². The van der Waals surface area contributed by atoms with Crippen LogP contribution in [0.3, 0.4) is 0 Å². The monoisotopic (exact) mass is 628 g/mol. The number of piperidine rings is 1. The summed E-state index contributed by atoms with van der Waals surface area (Å²) < 4.78 is 1.54. The number of aromatic nitrogens is 2. The molecule has 3 N–H and O–H groups in total. The molecule has 3 amide bonds. The third-order valence-electron chi connectivity index (χ3n) is 11.7. The quantitative estimate of drug-likeness (QED) is 0.275. The first-order valence-corrected chi connectivity index (χ1v) is 17.4. The van der Waals surface area contributed by atoms with Crippen molar-refractivity contribution >= 4 is 23.4 Å². The van der Waals surface area contributed by atoms with Crippen molar-refractivity contribution < 1.29 is 14.4 Å². The van der Waals surface area contributed by atoms with Gasteiger partial charge in [0.2, 0.25) is 11.8 Å². The molecule has 9 heteroatoms. The van der Waals surface area contributed by atoms with Crippen molar-refractivity contribution in [2.75, 3.05) is 25.0 Å². The average molecular weight is 629 g/mol. The molecule has 3 saturated carbocycles. The first-order chi connectivity index (χ1) is 22.0. The molecule has 248 valence electrons. The van der Waals surface area contributed by atoms with Crippen molar-refractivity contribution in [3.63, 3.8) is 0 Å². The summed E-state index contributed by atoms with van der Waals surface area (Å²) >= 11 is 0. The summed E-state index contributed by atoms with van der Waals surface area (Å²) in [4.78, 5) is 43.6. The minimum atomic E-state index is -0.702. The topological polar surface area (TPSA) is 108 Å². The zero-order chi connectivity index (χ0) is 32.6. The minimum absolute atomic E-state index is 0.0841. The van der Waals surface area contributed by atoms with E-state index in [0.29, 0.717) is 29.8 Å². The molecule has 1 unspecified atom stereocenters. The Morgan fingerprint density at radius 3 is 2.15 bits per heavy atom. The maximum Gasteiger partial charge on any atom is 0.270 e. The fourth-order valence-corrected chi connectivity index (χ4v) is 7.98. The number of carbonyl (C=O) groups is 3. The molecule has 0 radical (unpaired) electrons. The van der Waals surface area contributed by atoms with Gasteiger partial charge in [0.05, 0.1) is 5.41 Å². The van der Waals surface area contributed by atoms with E-state index in [0.717, 1.165) is 75.7 Å². The van der Waals surface area contributed by atoms with Crippen molar-refractivity contribution in [2.45, 2.75) is 90.0 Å². The number of aryl methyl sites for hydroxylation is 1. The van der Waals surface area contributed by atoms with Gasteiger partial charge in [-0.25, -0.2) is 0 Å². The number of carbonyl (C=O) groups excluding carboxylic acids is 3. The summed E-state index contributed by atoms with van der Waals surface area (Å²) in [5, 5.41) is 13.7. The number of nitrogens with zero attached hydrogens (tertiary/aromatic N) is 3. The molecule has 0 bridgehead atoms. The zero-order valence-electron chi connectivity index (χ0n) is 28.1. The number of anilines is 1. The normalized spacial score (nSPS) is 21.5. The first-order valence-electron chi connectivity index (χ1n) is 17.4. The summed E-state index contributed by atoms with van der Waals surface area (Å²) in [5.74, 6) is 0.866. The van der Waals surface area contributed by atoms with Crippen LogP contribution < -0.4 is 16.0 Å². The van der Waals surface area contributed by atoms with E-state index in [9.17, 15) is 14.4 Å². The van der Waals surface area contributed by atoms with Gasteiger partial charge in [-0.05, 0) is 118 Å². The molecule has 46 heavy (non-hydrogen) atoms. The van der Waals surface area contributed by atoms with Gasteiger partial charge in [0.15, 0.2) is 0 Å². The number of rotatable bonds is 13. The third-order valence-corrected chi connectivity index (χ3v) is 11.7. The number of hydrogen-bond acceptors (Lipinski definition) is 5. The highest BCUT2D eigenvalue weighted by Gasteiger charge is 2.49. The summed E-state index contributed by atoms with van der Waals surface area (Å²) in [5.41, 5.74) is 2.63. The van der Waals surface area contributed by atoms with Crippen LogP contribution >= 0.6 is 0 Å². The lowest BCUT2D eigenvalue weighted by Crippen LogP contribution is -2.53. The Labute approximate surface area is 273 Å². The van der Waals surface area contributed by atoms with Crippen LogP contribution in [-0.2, 0) is 22.1 Å². The Bertz CT molecular complexity index is 1430. The number of nitrogens with one attached hydrogen (secondary N) is 3. The van der Waals surface area contributed by atoms with Gasteiger partial charge in [0.1, 0.15) is 11.7 Å². The van der Waals surface area contributed by atoms with Gasteiger partial charge in [0, 0.05) is 44.3 Å². The van der Waals surface area contributed by atoms with E-state index in [4.69, 9.17) is 0 Å². The van der Waals surface area contributed by atoms with Crippen LogP contribution in [0.25, 0.3) is 0 Å². The predicted molar refractivity (Wildman–Crippen MR) is 180 cm³/mol. The van der Waals surface area contributed by atoms with Gasteiger partial charge in [-0.15, -0.1) is 0 Å². The molecule has 2 aromatic rings. The van der Waals surface area contributed by atoms with Crippen molar-refractivity contribution in [3.8, 4) is 0 Å². The van der Waals surface area contributed by atoms with Gasteiger partial charge in [0.25, 0.3) is 5.91 Å². The molecule has 1 saturated heterocycles. The Balaban J connectivity index is 1.20. The highest BCUT2D eigenvalue weighted by Crippen LogP contribution is 2.51. The molecule has 1 aromatic carbocycles. The SMILES string of the molecule is C=C(C)N1CCC(C(C)(C(=O)NCC2(C)CCC2)c2ccc(NC(=O)[C@@H](NC(=O)c3ccnn3C)C(C3CC3)C3CC3)cc2)CC1. The summed E-state index contributed by atoms with van der Waals surface area (Å²) in [6.45, 7) is 13.0. The summed E-state index contributed by atoms with van der Waals surface area (Å²) in [6.07, 6.45) is 11.4. The van der Waals surface area contributed by atoms with Crippen LogP contribution in [0.15, 0.2) is 48.8 Å². The van der Waals surface area contributed by atoms with E-state index in [1.807, 2.05) is 31.2 Å². The van der Waals surface area contributed by atoms with E-state index in [2.05, 4.69) is 46.4 Å². The Morgan fingerprint density at radius 1 is 1.02 bits per heavy atom. The van der Waals surface area contributed by atoms with E-state index in [1.165, 1.54) is 11.1 Å². The molecule has 1 aromatic heterocycles. The third kappa shape index (κ3) is 6.74. The predicted octanol–water partition coefficient (Wildman–Crippen LogP) is 5.40. The fraction of sp³-hybridized carbons (Fsp3) is 0.622. The second kappa shape index (κ2) is 12.9. The lowest BCUT2D eigenvalue weighted by atomic mass is 9.66. The van der Waals surface area contributed by atoms with Gasteiger partial charge in [-0.1, -0.05) is 32.1 Å². The molecule has 2 heterocycles. The van der Waals surface area contributed by atoms with E-state index in [-0.39, 0.29) is 35.0 Å². The Hall–Kier alpha value is -3.62. The van der Waals surface area contributed by atoms with Crippen molar-refractivity contribution in [3.05, 3.63) is 60.1 Å². The first kappa shape index (κ1) is 32.3. The van der Waals surface area contributed by atoms with E-state index in [1.54, 1.807) is 19.3 Å². The number of benzene rings is 1. The average Bonchev–Trinajstić information content (AvgIpc) is 3.98. The van der Waals surface area contributed by atoms with Crippen LogP contribution in [0.2, 0.25) is 0 Å². The number of hydrogen-bond donors (Lipinski definition) is 3. The molecule has 2 atom stereocenters. The van der Waals surface area contributed by atoms with Gasteiger partial charge in [-0.2, -0.15) is 5.10 Å².